The zero-order chi connectivity index (χ0) is 19.4. The molecular weight excluding hydrogens is 348 g/mol. The smallest absolute Gasteiger partial charge is 0.303 e. The number of aliphatic carboxylic acids is 1. The maximum absolute atomic E-state index is 12.2. The highest BCUT2D eigenvalue weighted by Crippen LogP contribution is 2.28. The third-order valence-corrected chi connectivity index (χ3v) is 5.03. The van der Waals surface area contributed by atoms with Crippen LogP contribution in [0.3, 0.4) is 0 Å². The topological polar surface area (TPSA) is 98.4 Å². The summed E-state index contributed by atoms with van der Waals surface area (Å²) < 4.78 is 1.99. The van der Waals surface area contributed by atoms with E-state index < -0.39 is 11.6 Å². The molecule has 1 fully saturated rings. The molecule has 27 heavy (non-hydrogen) atoms. The van der Waals surface area contributed by atoms with Gasteiger partial charge in [-0.25, -0.2) is 4.98 Å². The molecule has 0 aromatic carbocycles. The number of rotatable bonds is 7. The van der Waals surface area contributed by atoms with Gasteiger partial charge in [0.05, 0.1) is 17.7 Å². The average Bonchev–Trinajstić information content (AvgIpc) is 3.09. The van der Waals surface area contributed by atoms with Gasteiger partial charge >= 0.3 is 5.97 Å². The van der Waals surface area contributed by atoms with Crippen molar-refractivity contribution in [2.24, 2.45) is 0 Å². The Labute approximate surface area is 158 Å². The molecule has 146 valence electrons. The molecule has 0 saturated carbocycles. The highest BCUT2D eigenvalue weighted by atomic mass is 16.4. The van der Waals surface area contributed by atoms with Crippen LogP contribution in [0.25, 0.3) is 5.52 Å². The van der Waals surface area contributed by atoms with Crippen molar-refractivity contribution in [3.63, 3.8) is 0 Å². The zero-order valence-electron chi connectivity index (χ0n) is 15.5. The normalized spacial score (nSPS) is 20.0. The molecule has 1 amide bonds. The predicted molar refractivity (Wildman–Crippen MR) is 101 cm³/mol. The summed E-state index contributed by atoms with van der Waals surface area (Å²) in [5.74, 6) is -0.219. The fourth-order valence-corrected chi connectivity index (χ4v) is 3.73. The molecule has 1 atom stereocenters. The quantitative estimate of drug-likeness (QED) is 0.760. The Morgan fingerprint density at radius 3 is 2.93 bits per heavy atom. The van der Waals surface area contributed by atoms with Gasteiger partial charge in [0, 0.05) is 51.6 Å². The van der Waals surface area contributed by atoms with E-state index in [4.69, 9.17) is 5.11 Å². The number of nitrogens with zero attached hydrogens (tertiary/aromatic N) is 4. The van der Waals surface area contributed by atoms with Gasteiger partial charge in [-0.15, -0.1) is 0 Å². The number of carbonyl (C=O) groups is 2. The SMILES string of the molecule is CN(CC1(O)CCCN(c2nccn3cccc23)C1)C(=O)CCCC(=O)O. The van der Waals surface area contributed by atoms with E-state index in [-0.39, 0.29) is 25.3 Å². The van der Waals surface area contributed by atoms with Crippen LogP contribution in [0.4, 0.5) is 5.82 Å². The Morgan fingerprint density at radius 2 is 2.15 bits per heavy atom. The first-order valence-electron chi connectivity index (χ1n) is 9.23. The first-order valence-corrected chi connectivity index (χ1v) is 9.23. The number of likely N-dealkylation sites (N-methyl/N-ethyl adjacent to an activating group) is 1. The number of hydrogen-bond acceptors (Lipinski definition) is 5. The second-order valence-electron chi connectivity index (χ2n) is 7.30. The molecular formula is C19H26N4O4. The molecule has 2 N–H and O–H groups in total. The van der Waals surface area contributed by atoms with E-state index in [2.05, 4.69) is 9.88 Å². The third kappa shape index (κ3) is 4.57. The summed E-state index contributed by atoms with van der Waals surface area (Å²) in [4.78, 5) is 30.9. The van der Waals surface area contributed by atoms with Crippen LogP contribution in [-0.4, -0.2) is 68.7 Å². The van der Waals surface area contributed by atoms with E-state index in [1.807, 2.05) is 28.9 Å². The first kappa shape index (κ1) is 19.2. The summed E-state index contributed by atoms with van der Waals surface area (Å²) in [6.45, 7) is 1.42. The van der Waals surface area contributed by atoms with Crippen molar-refractivity contribution in [3.8, 4) is 0 Å². The number of aliphatic hydroxyl groups is 1. The molecule has 0 aliphatic carbocycles. The maximum Gasteiger partial charge on any atom is 0.303 e. The van der Waals surface area contributed by atoms with Crippen LogP contribution in [0.15, 0.2) is 30.7 Å². The number of piperidine rings is 1. The molecule has 3 heterocycles. The zero-order valence-corrected chi connectivity index (χ0v) is 15.5. The molecule has 0 spiro atoms. The van der Waals surface area contributed by atoms with Crippen LogP contribution >= 0.6 is 0 Å². The number of hydrogen-bond donors (Lipinski definition) is 2. The van der Waals surface area contributed by atoms with Gasteiger partial charge < -0.3 is 24.4 Å². The van der Waals surface area contributed by atoms with Crippen LogP contribution in [0.2, 0.25) is 0 Å². The van der Waals surface area contributed by atoms with Gasteiger partial charge in [-0.2, -0.15) is 0 Å². The van der Waals surface area contributed by atoms with Gasteiger partial charge in [0.25, 0.3) is 0 Å². The first-order chi connectivity index (χ1) is 12.9. The number of fused-ring (bicyclic) bond motifs is 1. The van der Waals surface area contributed by atoms with Crippen LogP contribution in [0.5, 0.6) is 0 Å². The van der Waals surface area contributed by atoms with Crippen LogP contribution < -0.4 is 4.90 Å². The van der Waals surface area contributed by atoms with E-state index in [1.165, 1.54) is 4.90 Å². The molecule has 8 nitrogen and oxygen atoms in total. The summed E-state index contributed by atoms with van der Waals surface area (Å²) in [5, 5.41) is 19.8. The fraction of sp³-hybridized carbons (Fsp3) is 0.526. The van der Waals surface area contributed by atoms with Crippen molar-refractivity contribution < 1.29 is 19.8 Å². The summed E-state index contributed by atoms with van der Waals surface area (Å²) in [6, 6.07) is 3.95. The lowest BCUT2D eigenvalue weighted by atomic mass is 9.92. The molecule has 1 aliphatic heterocycles. The number of amides is 1. The molecule has 0 bridgehead atoms. The Morgan fingerprint density at radius 1 is 1.33 bits per heavy atom. The molecule has 3 rings (SSSR count). The minimum Gasteiger partial charge on any atom is -0.481 e. The van der Waals surface area contributed by atoms with Gasteiger partial charge in [0.1, 0.15) is 0 Å². The van der Waals surface area contributed by atoms with Crippen LogP contribution in [-0.2, 0) is 9.59 Å². The van der Waals surface area contributed by atoms with Gasteiger partial charge in [0.15, 0.2) is 5.82 Å². The standard InChI is InChI=1S/C19H26N4O4/c1-21(16(24)6-2-7-17(25)26)13-19(27)8-4-11-23(14-19)18-15-5-3-10-22(15)12-9-20-18/h3,5,9-10,12,27H,2,4,6-8,11,13-14H2,1H3,(H,25,26). The van der Waals surface area contributed by atoms with Gasteiger partial charge in [0.2, 0.25) is 5.91 Å². The lowest BCUT2D eigenvalue weighted by Gasteiger charge is -2.41. The monoisotopic (exact) mass is 374 g/mol. The molecule has 2 aromatic rings. The lowest BCUT2D eigenvalue weighted by Crippen LogP contribution is -2.55. The van der Waals surface area contributed by atoms with Crippen molar-refractivity contribution >= 4 is 23.2 Å². The van der Waals surface area contributed by atoms with Crippen molar-refractivity contribution in [2.75, 3.05) is 31.6 Å². The van der Waals surface area contributed by atoms with E-state index in [0.29, 0.717) is 19.4 Å². The Kier molecular flexibility index (Phi) is 5.65. The average molecular weight is 374 g/mol. The Bertz CT molecular complexity index is 821. The molecule has 1 saturated heterocycles. The van der Waals surface area contributed by atoms with Gasteiger partial charge in [-0.1, -0.05) is 0 Å². The van der Waals surface area contributed by atoms with Crippen molar-refractivity contribution in [1.29, 1.82) is 0 Å². The largest absolute Gasteiger partial charge is 0.481 e. The molecule has 1 aliphatic rings. The van der Waals surface area contributed by atoms with Crippen molar-refractivity contribution in [1.82, 2.24) is 14.3 Å². The Hall–Kier alpha value is -2.61. The number of β-amino-alcohol motifs (C(OH)–C–C–N with tert-alkyl or cyclic N) is 1. The number of carbonyl (C=O) groups excluding carboxylic acids is 1. The highest BCUT2D eigenvalue weighted by Gasteiger charge is 2.36. The predicted octanol–water partition coefficient (Wildman–Crippen LogP) is 1.38. The summed E-state index contributed by atoms with van der Waals surface area (Å²) in [7, 11) is 1.66. The van der Waals surface area contributed by atoms with E-state index >= 15 is 0 Å². The van der Waals surface area contributed by atoms with Crippen molar-refractivity contribution in [3.05, 3.63) is 30.7 Å². The van der Waals surface area contributed by atoms with Gasteiger partial charge in [-0.3, -0.25) is 9.59 Å². The van der Waals surface area contributed by atoms with Crippen LogP contribution in [0, 0.1) is 0 Å². The maximum atomic E-state index is 12.2. The minimum absolute atomic E-state index is 0.0232. The second kappa shape index (κ2) is 7.96. The van der Waals surface area contributed by atoms with Crippen LogP contribution in [0.1, 0.15) is 32.1 Å². The summed E-state index contributed by atoms with van der Waals surface area (Å²) in [5.41, 5.74) is -0.0313. The van der Waals surface area contributed by atoms with E-state index in [9.17, 15) is 14.7 Å². The number of anilines is 1. The minimum atomic E-state index is -1.02. The second-order valence-corrected chi connectivity index (χ2v) is 7.30. The lowest BCUT2D eigenvalue weighted by molar-refractivity contribution is -0.137. The summed E-state index contributed by atoms with van der Waals surface area (Å²) in [6.07, 6.45) is 7.47. The highest BCUT2D eigenvalue weighted by molar-refractivity contribution is 5.77. The number of carboxylic acids is 1. The number of aromatic nitrogens is 2. The molecule has 8 heteroatoms. The third-order valence-electron chi connectivity index (χ3n) is 5.03. The molecule has 1 unspecified atom stereocenters. The van der Waals surface area contributed by atoms with Crippen molar-refractivity contribution in [2.45, 2.75) is 37.7 Å². The van der Waals surface area contributed by atoms with Gasteiger partial charge in [-0.05, 0) is 31.4 Å². The molecule has 0 radical (unpaired) electrons. The Balaban J connectivity index is 1.64. The van der Waals surface area contributed by atoms with E-state index in [0.717, 1.165) is 24.3 Å². The number of carboxylic acid groups (broad SMARTS) is 1. The summed E-state index contributed by atoms with van der Waals surface area (Å²) >= 11 is 0. The van der Waals surface area contributed by atoms with E-state index in [1.54, 1.807) is 13.2 Å². The molecule has 2 aromatic heterocycles. The fourth-order valence-electron chi connectivity index (χ4n) is 3.73.